The van der Waals surface area contributed by atoms with Crippen LogP contribution in [0.25, 0.3) is 0 Å². The first-order valence-corrected chi connectivity index (χ1v) is 4.66. The summed E-state index contributed by atoms with van der Waals surface area (Å²) >= 11 is 0. The molecule has 0 saturated carbocycles. The lowest BCUT2D eigenvalue weighted by Gasteiger charge is -2.19. The predicted molar refractivity (Wildman–Crippen MR) is 55.4 cm³/mol. The van der Waals surface area contributed by atoms with Gasteiger partial charge < -0.3 is 5.32 Å². The largest absolute Gasteiger partial charge is 0.312 e. The minimum atomic E-state index is 0.0897. The standard InChI is InChI=1S/C11H19NO/c1-5-6-7-10(13)8-9-12-11(2,3)4/h1,12H,6-9H2,2-4H3. The molecule has 0 bridgehead atoms. The Bertz CT molecular complexity index is 195. The molecule has 0 saturated heterocycles. The van der Waals surface area contributed by atoms with Gasteiger partial charge in [-0.1, -0.05) is 0 Å². The van der Waals surface area contributed by atoms with Crippen molar-refractivity contribution in [3.63, 3.8) is 0 Å². The molecule has 13 heavy (non-hydrogen) atoms. The summed E-state index contributed by atoms with van der Waals surface area (Å²) < 4.78 is 0. The van der Waals surface area contributed by atoms with Crippen LogP contribution in [-0.2, 0) is 4.79 Å². The first-order valence-electron chi connectivity index (χ1n) is 4.66. The third-order valence-electron chi connectivity index (χ3n) is 1.61. The smallest absolute Gasteiger partial charge is 0.135 e. The predicted octanol–water partition coefficient (Wildman–Crippen LogP) is 1.75. The number of hydrogen-bond donors (Lipinski definition) is 1. The molecule has 0 rings (SSSR count). The van der Waals surface area contributed by atoms with Crippen LogP contribution in [-0.4, -0.2) is 17.9 Å². The third-order valence-corrected chi connectivity index (χ3v) is 1.61. The number of hydrogen-bond acceptors (Lipinski definition) is 2. The third kappa shape index (κ3) is 9.10. The molecule has 2 nitrogen and oxygen atoms in total. The second kappa shape index (κ2) is 5.77. The molecule has 0 radical (unpaired) electrons. The zero-order valence-corrected chi connectivity index (χ0v) is 8.81. The van der Waals surface area contributed by atoms with Crippen molar-refractivity contribution in [1.82, 2.24) is 5.32 Å². The summed E-state index contributed by atoms with van der Waals surface area (Å²) in [5.74, 6) is 2.71. The zero-order chi connectivity index (χ0) is 10.3. The van der Waals surface area contributed by atoms with Crippen LogP contribution in [0.1, 0.15) is 40.0 Å². The van der Waals surface area contributed by atoms with Crippen molar-refractivity contribution < 1.29 is 4.79 Å². The van der Waals surface area contributed by atoms with Crippen LogP contribution in [0.15, 0.2) is 0 Å². The fourth-order valence-corrected chi connectivity index (χ4v) is 0.914. The van der Waals surface area contributed by atoms with E-state index in [0.717, 1.165) is 6.54 Å². The van der Waals surface area contributed by atoms with E-state index in [1.165, 1.54) is 0 Å². The van der Waals surface area contributed by atoms with Crippen LogP contribution in [0.3, 0.4) is 0 Å². The molecule has 0 aromatic rings. The van der Waals surface area contributed by atoms with Gasteiger partial charge in [-0.2, -0.15) is 0 Å². The molecule has 0 fully saturated rings. The van der Waals surface area contributed by atoms with Gasteiger partial charge in [-0.25, -0.2) is 0 Å². The lowest BCUT2D eigenvalue weighted by Crippen LogP contribution is -2.37. The van der Waals surface area contributed by atoms with Crippen LogP contribution in [0.5, 0.6) is 0 Å². The van der Waals surface area contributed by atoms with E-state index in [9.17, 15) is 4.79 Å². The number of Topliss-reactive ketones (excluding diaryl/α,β-unsaturated/α-hetero) is 1. The molecule has 74 valence electrons. The van der Waals surface area contributed by atoms with Crippen molar-refractivity contribution in [1.29, 1.82) is 0 Å². The van der Waals surface area contributed by atoms with Gasteiger partial charge in [0.2, 0.25) is 0 Å². The van der Waals surface area contributed by atoms with Gasteiger partial charge in [-0.15, -0.1) is 12.3 Å². The second-order valence-electron chi connectivity index (χ2n) is 4.17. The van der Waals surface area contributed by atoms with Gasteiger partial charge in [-0.05, 0) is 20.8 Å². The average molecular weight is 181 g/mol. The van der Waals surface area contributed by atoms with Crippen LogP contribution in [0, 0.1) is 12.3 Å². The van der Waals surface area contributed by atoms with Crippen molar-refractivity contribution in [3.05, 3.63) is 0 Å². The molecule has 0 amide bonds. The molecule has 0 aromatic carbocycles. The van der Waals surface area contributed by atoms with E-state index < -0.39 is 0 Å². The monoisotopic (exact) mass is 181 g/mol. The van der Waals surface area contributed by atoms with Crippen LogP contribution in [0.4, 0.5) is 0 Å². The second-order valence-corrected chi connectivity index (χ2v) is 4.17. The Kier molecular flexibility index (Phi) is 5.41. The maximum atomic E-state index is 11.2. The van der Waals surface area contributed by atoms with Gasteiger partial charge in [0.1, 0.15) is 5.78 Å². The molecule has 0 aliphatic carbocycles. The maximum Gasteiger partial charge on any atom is 0.135 e. The number of carbonyl (C=O) groups is 1. The highest BCUT2D eigenvalue weighted by molar-refractivity contribution is 5.78. The van der Waals surface area contributed by atoms with E-state index in [-0.39, 0.29) is 11.3 Å². The van der Waals surface area contributed by atoms with Gasteiger partial charge in [0.15, 0.2) is 0 Å². The normalized spacial score (nSPS) is 10.9. The first-order chi connectivity index (χ1) is 5.95. The molecule has 0 aliphatic heterocycles. The molecule has 1 N–H and O–H groups in total. The van der Waals surface area contributed by atoms with E-state index in [1.54, 1.807) is 0 Å². The topological polar surface area (TPSA) is 29.1 Å². The van der Waals surface area contributed by atoms with Gasteiger partial charge >= 0.3 is 0 Å². The van der Waals surface area contributed by atoms with E-state index in [0.29, 0.717) is 19.3 Å². The van der Waals surface area contributed by atoms with Gasteiger partial charge in [0, 0.05) is 31.3 Å². The Morgan fingerprint density at radius 1 is 1.38 bits per heavy atom. The summed E-state index contributed by atoms with van der Waals surface area (Å²) in [6, 6.07) is 0. The molecule has 0 spiro atoms. The van der Waals surface area contributed by atoms with Gasteiger partial charge in [-0.3, -0.25) is 4.79 Å². The number of carbonyl (C=O) groups excluding carboxylic acids is 1. The molecular formula is C11H19NO. The number of ketones is 1. The van der Waals surface area contributed by atoms with Gasteiger partial charge in [0.25, 0.3) is 0 Å². The Labute approximate surface area is 81.1 Å². The molecular weight excluding hydrogens is 162 g/mol. The minimum Gasteiger partial charge on any atom is -0.312 e. The summed E-state index contributed by atoms with van der Waals surface area (Å²) in [7, 11) is 0. The SMILES string of the molecule is C#CCCC(=O)CCNC(C)(C)C. The Hall–Kier alpha value is -0.810. The first kappa shape index (κ1) is 12.2. The summed E-state index contributed by atoms with van der Waals surface area (Å²) in [4.78, 5) is 11.2. The highest BCUT2D eigenvalue weighted by Crippen LogP contribution is 1.99. The Morgan fingerprint density at radius 2 is 2.00 bits per heavy atom. The van der Waals surface area contributed by atoms with E-state index >= 15 is 0 Å². The lowest BCUT2D eigenvalue weighted by molar-refractivity contribution is -0.118. The van der Waals surface area contributed by atoms with Crippen LogP contribution < -0.4 is 5.32 Å². The number of nitrogens with one attached hydrogen (secondary N) is 1. The van der Waals surface area contributed by atoms with Crippen molar-refractivity contribution >= 4 is 5.78 Å². The molecule has 2 heteroatoms. The summed E-state index contributed by atoms with van der Waals surface area (Å²) in [5, 5.41) is 3.26. The Morgan fingerprint density at radius 3 is 2.46 bits per heavy atom. The van der Waals surface area contributed by atoms with E-state index in [2.05, 4.69) is 32.0 Å². The van der Waals surface area contributed by atoms with E-state index in [4.69, 9.17) is 6.42 Å². The van der Waals surface area contributed by atoms with Gasteiger partial charge in [0.05, 0.1) is 0 Å². The summed E-state index contributed by atoms with van der Waals surface area (Å²) in [6.07, 6.45) is 6.72. The highest BCUT2D eigenvalue weighted by atomic mass is 16.1. The summed E-state index contributed by atoms with van der Waals surface area (Å²) in [6.45, 7) is 6.99. The van der Waals surface area contributed by atoms with Crippen molar-refractivity contribution in [2.45, 2.75) is 45.6 Å². The zero-order valence-electron chi connectivity index (χ0n) is 8.81. The van der Waals surface area contributed by atoms with E-state index in [1.807, 2.05) is 0 Å². The summed E-state index contributed by atoms with van der Waals surface area (Å²) in [5.41, 5.74) is 0.0897. The minimum absolute atomic E-state index is 0.0897. The molecule has 0 aliphatic rings. The fraction of sp³-hybridized carbons (Fsp3) is 0.727. The molecule has 0 unspecified atom stereocenters. The quantitative estimate of drug-likeness (QED) is 0.655. The number of rotatable bonds is 5. The maximum absolute atomic E-state index is 11.2. The average Bonchev–Trinajstić information content (AvgIpc) is 1.98. The highest BCUT2D eigenvalue weighted by Gasteiger charge is 2.08. The van der Waals surface area contributed by atoms with Crippen molar-refractivity contribution in [2.75, 3.05) is 6.54 Å². The van der Waals surface area contributed by atoms with Crippen LogP contribution in [0.2, 0.25) is 0 Å². The Balaban J connectivity index is 3.44. The van der Waals surface area contributed by atoms with Crippen molar-refractivity contribution in [3.8, 4) is 12.3 Å². The van der Waals surface area contributed by atoms with Crippen LogP contribution >= 0.6 is 0 Å². The fourth-order valence-electron chi connectivity index (χ4n) is 0.914. The number of terminal acetylenes is 1. The molecule has 0 aromatic heterocycles. The lowest BCUT2D eigenvalue weighted by atomic mass is 10.1. The molecule has 0 atom stereocenters. The van der Waals surface area contributed by atoms with Crippen molar-refractivity contribution in [2.24, 2.45) is 0 Å². The molecule has 0 heterocycles.